The highest BCUT2D eigenvalue weighted by atomic mass is 16.5. The summed E-state index contributed by atoms with van der Waals surface area (Å²) in [5, 5.41) is 0. The lowest BCUT2D eigenvalue weighted by Crippen LogP contribution is -2.30. The number of hydrogen-bond donors (Lipinski definition) is 0. The van der Waals surface area contributed by atoms with Crippen LogP contribution in [-0.4, -0.2) is 13.1 Å². The third kappa shape index (κ3) is 4.97. The van der Waals surface area contributed by atoms with Gasteiger partial charge in [-0.25, -0.2) is 0 Å². The van der Waals surface area contributed by atoms with E-state index in [2.05, 4.69) is 115 Å². The summed E-state index contributed by atoms with van der Waals surface area (Å²) < 4.78 is 6.32. The Morgan fingerprint density at radius 1 is 0.583 bits per heavy atom. The van der Waals surface area contributed by atoms with Gasteiger partial charge in [0.1, 0.15) is 12.4 Å². The van der Waals surface area contributed by atoms with Gasteiger partial charge < -0.3 is 14.5 Å². The number of rotatable bonds is 10. The molecule has 0 aromatic heterocycles. The molecule has 0 unspecified atom stereocenters. The van der Waals surface area contributed by atoms with Crippen molar-refractivity contribution in [2.24, 2.45) is 0 Å². The van der Waals surface area contributed by atoms with Crippen molar-refractivity contribution in [1.29, 1.82) is 0 Å². The summed E-state index contributed by atoms with van der Waals surface area (Å²) in [6.45, 7) is 7.13. The number of ether oxygens (including phenoxy) is 1. The van der Waals surface area contributed by atoms with Crippen molar-refractivity contribution >= 4 is 22.7 Å². The molecule has 0 bridgehead atoms. The Kier molecular flexibility index (Phi) is 7.56. The predicted octanol–water partition coefficient (Wildman–Crippen LogP) is 9.12. The minimum atomic E-state index is 0.559. The Labute approximate surface area is 216 Å². The second kappa shape index (κ2) is 11.3. The minimum Gasteiger partial charge on any atom is -0.488 e. The largest absolute Gasteiger partial charge is 0.488 e. The van der Waals surface area contributed by atoms with Crippen LogP contribution in [0.25, 0.3) is 11.1 Å². The van der Waals surface area contributed by atoms with Crippen molar-refractivity contribution in [2.45, 2.75) is 46.1 Å². The standard InChI is InChI=1S/C33H36N2O/c1-3-5-22-34-29-17-11-12-18-30(29)35(23-6-4-2)32-24-27(20-21-31(32)34)28-16-10-13-19-33(28)36-25-26-14-8-7-9-15-26/h7-21,24H,3-6,22-23,25H2,1-2H3. The Bertz CT molecular complexity index is 1280. The van der Waals surface area contributed by atoms with Gasteiger partial charge in [-0.2, -0.15) is 0 Å². The van der Waals surface area contributed by atoms with Crippen molar-refractivity contribution in [1.82, 2.24) is 0 Å². The highest BCUT2D eigenvalue weighted by Crippen LogP contribution is 2.49. The van der Waals surface area contributed by atoms with Gasteiger partial charge in [0.05, 0.1) is 22.7 Å². The molecule has 4 aromatic carbocycles. The zero-order valence-corrected chi connectivity index (χ0v) is 21.5. The maximum absolute atomic E-state index is 6.32. The van der Waals surface area contributed by atoms with Crippen molar-refractivity contribution in [3.8, 4) is 16.9 Å². The maximum Gasteiger partial charge on any atom is 0.127 e. The van der Waals surface area contributed by atoms with Crippen molar-refractivity contribution in [3.63, 3.8) is 0 Å². The first-order valence-electron chi connectivity index (χ1n) is 13.3. The van der Waals surface area contributed by atoms with Crippen LogP contribution in [0.15, 0.2) is 97.1 Å². The molecular weight excluding hydrogens is 440 g/mol. The number of benzene rings is 4. The van der Waals surface area contributed by atoms with E-state index in [-0.39, 0.29) is 0 Å². The van der Waals surface area contributed by atoms with Gasteiger partial charge in [0.2, 0.25) is 0 Å². The van der Waals surface area contributed by atoms with Crippen LogP contribution in [0.5, 0.6) is 5.75 Å². The predicted molar refractivity (Wildman–Crippen MR) is 153 cm³/mol. The first-order valence-corrected chi connectivity index (χ1v) is 13.3. The molecule has 36 heavy (non-hydrogen) atoms. The Morgan fingerprint density at radius 2 is 1.17 bits per heavy atom. The van der Waals surface area contributed by atoms with E-state index < -0.39 is 0 Å². The number of para-hydroxylation sites is 3. The fourth-order valence-electron chi connectivity index (χ4n) is 5.00. The Morgan fingerprint density at radius 3 is 1.86 bits per heavy atom. The minimum absolute atomic E-state index is 0.559. The van der Waals surface area contributed by atoms with Gasteiger partial charge in [-0.3, -0.25) is 0 Å². The first-order chi connectivity index (χ1) is 17.8. The molecule has 0 aliphatic carbocycles. The molecule has 4 aromatic rings. The van der Waals surface area contributed by atoms with Crippen LogP contribution in [0.2, 0.25) is 0 Å². The fraction of sp³-hybridized carbons (Fsp3) is 0.273. The lowest BCUT2D eigenvalue weighted by Gasteiger charge is -2.40. The average molecular weight is 477 g/mol. The zero-order valence-electron chi connectivity index (χ0n) is 21.5. The number of hydrogen-bond acceptors (Lipinski definition) is 3. The van der Waals surface area contributed by atoms with Crippen LogP contribution in [0.1, 0.15) is 45.1 Å². The number of fused-ring (bicyclic) bond motifs is 2. The molecule has 0 saturated heterocycles. The third-order valence-corrected chi connectivity index (χ3v) is 6.93. The summed E-state index contributed by atoms with van der Waals surface area (Å²) in [6.07, 6.45) is 4.67. The molecule has 0 atom stereocenters. The van der Waals surface area contributed by atoms with Gasteiger partial charge in [-0.05, 0) is 54.3 Å². The molecule has 5 rings (SSSR count). The Balaban J connectivity index is 1.54. The normalized spacial score (nSPS) is 12.3. The van der Waals surface area contributed by atoms with E-state index in [4.69, 9.17) is 4.74 Å². The highest BCUT2D eigenvalue weighted by molar-refractivity contribution is 5.95. The summed E-state index contributed by atoms with van der Waals surface area (Å²) in [7, 11) is 0. The van der Waals surface area contributed by atoms with E-state index in [1.54, 1.807) is 0 Å². The molecule has 0 radical (unpaired) electrons. The summed E-state index contributed by atoms with van der Waals surface area (Å²) in [5.74, 6) is 0.917. The molecule has 1 aliphatic heterocycles. The van der Waals surface area contributed by atoms with E-state index >= 15 is 0 Å². The van der Waals surface area contributed by atoms with Gasteiger partial charge >= 0.3 is 0 Å². The van der Waals surface area contributed by atoms with E-state index in [1.807, 2.05) is 6.07 Å². The molecule has 0 N–H and O–H groups in total. The lowest BCUT2D eigenvalue weighted by atomic mass is 9.99. The van der Waals surface area contributed by atoms with Crippen molar-refractivity contribution < 1.29 is 4.74 Å². The SMILES string of the molecule is CCCCN1c2ccccc2N(CCCC)c2cc(-c3ccccc3OCc3ccccc3)ccc21. The lowest BCUT2D eigenvalue weighted by molar-refractivity contribution is 0.307. The zero-order chi connectivity index (χ0) is 24.7. The van der Waals surface area contributed by atoms with Gasteiger partial charge in [-0.15, -0.1) is 0 Å². The number of unbranched alkanes of at least 4 members (excludes halogenated alkanes) is 2. The summed E-state index contributed by atoms with van der Waals surface area (Å²) in [4.78, 5) is 5.03. The molecule has 0 fully saturated rings. The van der Waals surface area contributed by atoms with Gasteiger partial charge in [0, 0.05) is 18.7 Å². The van der Waals surface area contributed by atoms with Crippen LogP contribution in [0, 0.1) is 0 Å². The smallest absolute Gasteiger partial charge is 0.127 e. The first kappa shape index (κ1) is 24.0. The summed E-state index contributed by atoms with van der Waals surface area (Å²) in [6, 6.07) is 34.6. The van der Waals surface area contributed by atoms with Crippen molar-refractivity contribution in [3.05, 3.63) is 103 Å². The van der Waals surface area contributed by atoms with Crippen LogP contribution in [0.3, 0.4) is 0 Å². The molecular formula is C33H36N2O. The monoisotopic (exact) mass is 476 g/mol. The Hall–Kier alpha value is -3.72. The molecule has 0 amide bonds. The second-order valence-electron chi connectivity index (χ2n) is 9.47. The molecule has 0 saturated carbocycles. The van der Waals surface area contributed by atoms with E-state index in [9.17, 15) is 0 Å². The summed E-state index contributed by atoms with van der Waals surface area (Å²) >= 11 is 0. The number of anilines is 4. The maximum atomic E-state index is 6.32. The van der Waals surface area contributed by atoms with Gasteiger partial charge in [0.15, 0.2) is 0 Å². The quantitative estimate of drug-likeness (QED) is 0.227. The molecule has 1 heterocycles. The average Bonchev–Trinajstić information content (AvgIpc) is 2.94. The molecule has 0 spiro atoms. The topological polar surface area (TPSA) is 15.7 Å². The van der Waals surface area contributed by atoms with Gasteiger partial charge in [0.25, 0.3) is 0 Å². The number of nitrogens with zero attached hydrogens (tertiary/aromatic N) is 2. The van der Waals surface area contributed by atoms with E-state index in [0.717, 1.165) is 30.8 Å². The van der Waals surface area contributed by atoms with Crippen LogP contribution in [-0.2, 0) is 6.61 Å². The van der Waals surface area contributed by atoms with Crippen LogP contribution in [0.4, 0.5) is 22.7 Å². The molecule has 3 heteroatoms. The molecule has 3 nitrogen and oxygen atoms in total. The fourth-order valence-corrected chi connectivity index (χ4v) is 5.00. The molecule has 1 aliphatic rings. The highest BCUT2D eigenvalue weighted by Gasteiger charge is 2.28. The third-order valence-electron chi connectivity index (χ3n) is 6.93. The van der Waals surface area contributed by atoms with E-state index in [0.29, 0.717) is 6.61 Å². The van der Waals surface area contributed by atoms with Gasteiger partial charge in [-0.1, -0.05) is 93.4 Å². The second-order valence-corrected chi connectivity index (χ2v) is 9.47. The molecule has 184 valence electrons. The van der Waals surface area contributed by atoms with Crippen LogP contribution >= 0.6 is 0 Å². The summed E-state index contributed by atoms with van der Waals surface area (Å²) in [5.41, 5.74) is 8.69. The van der Waals surface area contributed by atoms with E-state index in [1.165, 1.54) is 53.1 Å². The van der Waals surface area contributed by atoms with Crippen LogP contribution < -0.4 is 14.5 Å². The van der Waals surface area contributed by atoms with Crippen molar-refractivity contribution in [2.75, 3.05) is 22.9 Å².